The normalized spacial score (nSPS) is 21.0. The SMILES string of the molecule is O=C(NCC1CCCC1C(=O)O)Nc1cc(Cl)cc(Cl)c1. The maximum absolute atomic E-state index is 11.8. The van der Waals surface area contributed by atoms with Crippen molar-refractivity contribution in [2.24, 2.45) is 11.8 Å². The Kier molecular flexibility index (Phi) is 5.31. The number of hydrogen-bond acceptors (Lipinski definition) is 2. The summed E-state index contributed by atoms with van der Waals surface area (Å²) >= 11 is 11.7. The molecule has 0 radical (unpaired) electrons. The monoisotopic (exact) mass is 330 g/mol. The molecule has 0 bridgehead atoms. The van der Waals surface area contributed by atoms with Crippen molar-refractivity contribution in [2.75, 3.05) is 11.9 Å². The molecule has 2 rings (SSSR count). The summed E-state index contributed by atoms with van der Waals surface area (Å²) in [5.74, 6) is -1.18. The van der Waals surface area contributed by atoms with Gasteiger partial charge in [0.1, 0.15) is 0 Å². The number of carbonyl (C=O) groups is 2. The van der Waals surface area contributed by atoms with Gasteiger partial charge in [-0.05, 0) is 37.0 Å². The third kappa shape index (κ3) is 4.51. The highest BCUT2D eigenvalue weighted by Crippen LogP contribution is 2.31. The van der Waals surface area contributed by atoms with Gasteiger partial charge in [-0.1, -0.05) is 29.6 Å². The van der Waals surface area contributed by atoms with E-state index in [2.05, 4.69) is 10.6 Å². The summed E-state index contributed by atoms with van der Waals surface area (Å²) in [6.45, 7) is 0.344. The maximum Gasteiger partial charge on any atom is 0.319 e. The van der Waals surface area contributed by atoms with E-state index in [-0.39, 0.29) is 11.8 Å². The number of carbonyl (C=O) groups excluding carboxylic acids is 1. The molecule has 0 saturated heterocycles. The Labute approximate surface area is 132 Å². The van der Waals surface area contributed by atoms with E-state index in [0.717, 1.165) is 12.8 Å². The molecule has 114 valence electrons. The topological polar surface area (TPSA) is 78.4 Å². The first-order valence-electron chi connectivity index (χ1n) is 6.69. The average Bonchev–Trinajstić information content (AvgIpc) is 2.83. The van der Waals surface area contributed by atoms with Crippen molar-refractivity contribution in [1.82, 2.24) is 5.32 Å². The lowest BCUT2D eigenvalue weighted by Gasteiger charge is -2.16. The number of nitrogens with one attached hydrogen (secondary N) is 2. The lowest BCUT2D eigenvalue weighted by atomic mass is 9.96. The molecule has 21 heavy (non-hydrogen) atoms. The van der Waals surface area contributed by atoms with Gasteiger partial charge in [0.15, 0.2) is 0 Å². The van der Waals surface area contributed by atoms with Crippen LogP contribution < -0.4 is 10.6 Å². The first kappa shape index (κ1) is 15.9. The van der Waals surface area contributed by atoms with Crippen LogP contribution in [0.4, 0.5) is 10.5 Å². The van der Waals surface area contributed by atoms with Crippen molar-refractivity contribution in [3.8, 4) is 0 Å². The molecule has 1 aromatic carbocycles. The predicted molar refractivity (Wildman–Crippen MR) is 82.0 cm³/mol. The van der Waals surface area contributed by atoms with E-state index in [1.807, 2.05) is 0 Å². The van der Waals surface area contributed by atoms with E-state index in [1.54, 1.807) is 18.2 Å². The van der Waals surface area contributed by atoms with Crippen molar-refractivity contribution in [3.05, 3.63) is 28.2 Å². The number of halogens is 2. The number of aliphatic carboxylic acids is 1. The fraction of sp³-hybridized carbons (Fsp3) is 0.429. The van der Waals surface area contributed by atoms with E-state index >= 15 is 0 Å². The van der Waals surface area contributed by atoms with Gasteiger partial charge in [0.05, 0.1) is 5.92 Å². The smallest absolute Gasteiger partial charge is 0.319 e. The number of hydrogen-bond donors (Lipinski definition) is 3. The van der Waals surface area contributed by atoms with Gasteiger partial charge in [-0.3, -0.25) is 4.79 Å². The van der Waals surface area contributed by atoms with Crippen LogP contribution in [0.5, 0.6) is 0 Å². The molecule has 3 N–H and O–H groups in total. The first-order chi connectivity index (χ1) is 9.95. The molecule has 0 aliphatic heterocycles. The highest BCUT2D eigenvalue weighted by molar-refractivity contribution is 6.35. The summed E-state index contributed by atoms with van der Waals surface area (Å²) in [6, 6.07) is 4.34. The highest BCUT2D eigenvalue weighted by atomic mass is 35.5. The van der Waals surface area contributed by atoms with Crippen LogP contribution in [-0.4, -0.2) is 23.7 Å². The third-order valence-corrected chi connectivity index (χ3v) is 4.06. The Morgan fingerprint density at radius 1 is 1.19 bits per heavy atom. The second kappa shape index (κ2) is 7.00. The van der Waals surface area contributed by atoms with Crippen LogP contribution in [0, 0.1) is 11.8 Å². The average molecular weight is 331 g/mol. The van der Waals surface area contributed by atoms with E-state index in [4.69, 9.17) is 28.3 Å². The minimum atomic E-state index is -0.790. The van der Waals surface area contributed by atoms with Gasteiger partial charge in [0, 0.05) is 22.3 Å². The first-order valence-corrected chi connectivity index (χ1v) is 7.45. The number of benzene rings is 1. The van der Waals surface area contributed by atoms with Crippen LogP contribution in [-0.2, 0) is 4.79 Å². The zero-order valence-electron chi connectivity index (χ0n) is 11.2. The summed E-state index contributed by atoms with van der Waals surface area (Å²) < 4.78 is 0. The van der Waals surface area contributed by atoms with Crippen LogP contribution in [0.3, 0.4) is 0 Å². The number of carboxylic acids is 1. The number of anilines is 1. The molecule has 2 amide bonds. The Balaban J connectivity index is 1.86. The van der Waals surface area contributed by atoms with Crippen LogP contribution in [0.25, 0.3) is 0 Å². The number of amides is 2. The molecular formula is C14H16Cl2N2O3. The fourth-order valence-electron chi connectivity index (χ4n) is 2.63. The minimum absolute atomic E-state index is 0.0174. The third-order valence-electron chi connectivity index (χ3n) is 3.62. The van der Waals surface area contributed by atoms with Crippen LogP contribution in [0.1, 0.15) is 19.3 Å². The summed E-state index contributed by atoms with van der Waals surface area (Å²) in [4.78, 5) is 22.9. The lowest BCUT2D eigenvalue weighted by molar-refractivity contribution is -0.142. The molecule has 1 aliphatic rings. The van der Waals surface area contributed by atoms with E-state index < -0.39 is 12.0 Å². The van der Waals surface area contributed by atoms with Crippen LogP contribution in [0.15, 0.2) is 18.2 Å². The molecule has 0 heterocycles. The van der Waals surface area contributed by atoms with Crippen LogP contribution in [0.2, 0.25) is 10.0 Å². The molecular weight excluding hydrogens is 315 g/mol. The number of rotatable bonds is 4. The Morgan fingerprint density at radius 2 is 1.86 bits per heavy atom. The van der Waals surface area contributed by atoms with Gasteiger partial charge in [0.2, 0.25) is 0 Å². The molecule has 1 fully saturated rings. The molecule has 1 saturated carbocycles. The summed E-state index contributed by atoms with van der Waals surface area (Å²) in [7, 11) is 0. The summed E-state index contributed by atoms with van der Waals surface area (Å²) in [5, 5.41) is 15.3. The fourth-order valence-corrected chi connectivity index (χ4v) is 3.16. The maximum atomic E-state index is 11.8. The quantitative estimate of drug-likeness (QED) is 0.788. The molecule has 1 aliphatic carbocycles. The van der Waals surface area contributed by atoms with Gasteiger partial charge in [-0.2, -0.15) is 0 Å². The van der Waals surface area contributed by atoms with E-state index in [1.165, 1.54) is 0 Å². The predicted octanol–water partition coefficient (Wildman–Crippen LogP) is 3.62. The molecule has 7 heteroatoms. The van der Waals surface area contributed by atoms with E-state index in [0.29, 0.717) is 28.7 Å². The van der Waals surface area contributed by atoms with Gasteiger partial charge in [-0.25, -0.2) is 4.79 Å². The highest BCUT2D eigenvalue weighted by Gasteiger charge is 2.32. The van der Waals surface area contributed by atoms with Crippen LogP contribution >= 0.6 is 23.2 Å². The molecule has 1 aromatic rings. The minimum Gasteiger partial charge on any atom is -0.481 e. The standard InChI is InChI=1S/C14H16Cl2N2O3/c15-9-4-10(16)6-11(5-9)18-14(21)17-7-8-2-1-3-12(8)13(19)20/h4-6,8,12H,1-3,7H2,(H,19,20)(H2,17,18,21). The second-order valence-corrected chi connectivity index (χ2v) is 6.00. The number of urea groups is 1. The van der Waals surface area contributed by atoms with Crippen molar-refractivity contribution < 1.29 is 14.7 Å². The lowest BCUT2D eigenvalue weighted by Crippen LogP contribution is -2.35. The zero-order valence-corrected chi connectivity index (χ0v) is 12.7. The van der Waals surface area contributed by atoms with Gasteiger partial charge < -0.3 is 15.7 Å². The Morgan fingerprint density at radius 3 is 2.48 bits per heavy atom. The molecule has 5 nitrogen and oxygen atoms in total. The molecule has 2 unspecified atom stereocenters. The van der Waals surface area contributed by atoms with Crippen molar-refractivity contribution in [2.45, 2.75) is 19.3 Å². The largest absolute Gasteiger partial charge is 0.481 e. The molecule has 0 spiro atoms. The summed E-state index contributed by atoms with van der Waals surface area (Å²) in [6.07, 6.45) is 2.38. The van der Waals surface area contributed by atoms with Gasteiger partial charge in [0.25, 0.3) is 0 Å². The molecule has 2 atom stereocenters. The zero-order chi connectivity index (χ0) is 15.4. The Bertz CT molecular complexity index is 531. The molecule has 0 aromatic heterocycles. The van der Waals surface area contributed by atoms with Crippen molar-refractivity contribution in [3.63, 3.8) is 0 Å². The van der Waals surface area contributed by atoms with Crippen molar-refractivity contribution >= 4 is 40.9 Å². The Hall–Kier alpha value is -1.46. The van der Waals surface area contributed by atoms with Gasteiger partial charge in [-0.15, -0.1) is 0 Å². The van der Waals surface area contributed by atoms with E-state index in [9.17, 15) is 9.59 Å². The van der Waals surface area contributed by atoms with Crippen molar-refractivity contribution in [1.29, 1.82) is 0 Å². The summed E-state index contributed by atoms with van der Waals surface area (Å²) in [5.41, 5.74) is 0.492. The number of carboxylic acid groups (broad SMARTS) is 1. The second-order valence-electron chi connectivity index (χ2n) is 5.13. The van der Waals surface area contributed by atoms with Gasteiger partial charge >= 0.3 is 12.0 Å².